The van der Waals surface area contributed by atoms with Crippen LogP contribution in [0.1, 0.15) is 68.9 Å². The number of nitrogens with one attached hydrogen (secondary N) is 2. The highest BCUT2D eigenvalue weighted by Crippen LogP contribution is 2.27. The second-order valence-corrected chi connectivity index (χ2v) is 9.21. The first kappa shape index (κ1) is 29.7. The maximum absolute atomic E-state index is 12.3. The normalized spacial score (nSPS) is 13.0. The van der Waals surface area contributed by atoms with Gasteiger partial charge in [0.05, 0.1) is 5.70 Å². The van der Waals surface area contributed by atoms with Crippen molar-refractivity contribution in [3.63, 3.8) is 0 Å². The van der Waals surface area contributed by atoms with Crippen LogP contribution in [0.4, 0.5) is 10.6 Å². The molecular formula is C31H33N9O2. The van der Waals surface area contributed by atoms with E-state index in [2.05, 4.69) is 35.8 Å². The molecule has 0 aliphatic rings. The molecule has 0 aliphatic heterocycles. The molecule has 42 heavy (non-hydrogen) atoms. The molecule has 0 saturated carbocycles. The van der Waals surface area contributed by atoms with Gasteiger partial charge in [-0.05, 0) is 52.3 Å². The van der Waals surface area contributed by atoms with Crippen LogP contribution >= 0.6 is 0 Å². The number of nitrogens with zero attached hydrogens (tertiary/aromatic N) is 7. The van der Waals surface area contributed by atoms with Gasteiger partial charge in [0.1, 0.15) is 11.5 Å². The molecule has 3 aromatic heterocycles. The number of aliphatic imine (C=N–C) groups is 2. The van der Waals surface area contributed by atoms with Gasteiger partial charge in [0.2, 0.25) is 11.8 Å². The van der Waals surface area contributed by atoms with E-state index >= 15 is 0 Å². The molecule has 11 nitrogen and oxygen atoms in total. The number of carbonyl (C=O) groups excluding carboxylic acids is 1. The summed E-state index contributed by atoms with van der Waals surface area (Å²) in [7, 11) is 0. The Morgan fingerprint density at radius 2 is 1.67 bits per heavy atom. The molecule has 2 amide bonds. The highest BCUT2D eigenvalue weighted by molar-refractivity contribution is 6.14. The molecule has 0 aliphatic carbocycles. The molecule has 4 rings (SSSR count). The summed E-state index contributed by atoms with van der Waals surface area (Å²) in [6.45, 7) is 11.6. The van der Waals surface area contributed by atoms with Gasteiger partial charge < -0.3 is 9.73 Å². The van der Waals surface area contributed by atoms with Crippen LogP contribution in [0.15, 0.2) is 81.5 Å². The molecular weight excluding hydrogens is 530 g/mol. The lowest BCUT2D eigenvalue weighted by Gasteiger charge is -2.14. The van der Waals surface area contributed by atoms with Gasteiger partial charge in [0.15, 0.2) is 5.82 Å². The van der Waals surface area contributed by atoms with Crippen LogP contribution in [0, 0.1) is 6.92 Å². The minimum atomic E-state index is -0.348. The van der Waals surface area contributed by atoms with Crippen LogP contribution in [0.5, 0.6) is 0 Å². The number of anilines is 1. The number of allylic oxidation sites excluding steroid dienone is 2. The number of hydrogen-bond acceptors (Lipinski definition) is 9. The lowest BCUT2D eigenvalue weighted by Crippen LogP contribution is -2.28. The molecule has 3 heterocycles. The minimum Gasteiger partial charge on any atom is -0.421 e. The number of carbonyl (C=O) groups is 1. The van der Waals surface area contributed by atoms with Crippen LogP contribution < -0.4 is 10.6 Å². The summed E-state index contributed by atoms with van der Waals surface area (Å²) < 4.78 is 5.68. The SMILES string of the molecule is C/C=C(\N=C(C)c1cc(NC(=O)NCC)ncc1C(C)=N/C(=C(\C)c1nnc(C)o1)c1ncccn1)c1ccccc1. The van der Waals surface area contributed by atoms with E-state index in [0.717, 1.165) is 16.8 Å². The zero-order valence-electron chi connectivity index (χ0n) is 24.5. The monoisotopic (exact) mass is 563 g/mol. The maximum Gasteiger partial charge on any atom is 0.320 e. The Hall–Kier alpha value is -5.32. The highest BCUT2D eigenvalue weighted by Gasteiger charge is 2.18. The summed E-state index contributed by atoms with van der Waals surface area (Å²) in [5, 5.41) is 13.6. The van der Waals surface area contributed by atoms with Crippen molar-refractivity contribution in [2.75, 3.05) is 11.9 Å². The number of hydrogen-bond donors (Lipinski definition) is 2. The Bertz CT molecular complexity index is 1670. The number of pyridine rings is 1. The van der Waals surface area contributed by atoms with Crippen molar-refractivity contribution in [1.29, 1.82) is 0 Å². The predicted octanol–water partition coefficient (Wildman–Crippen LogP) is 5.97. The number of amides is 2. The van der Waals surface area contributed by atoms with E-state index in [1.54, 1.807) is 37.6 Å². The standard InChI is InChI=1S/C31H33N9O2/c1-7-26(23-13-10-9-11-14-23)36-20(4)24-17-27(38-31(41)32-8-2)35-18-25(24)21(5)37-28(29-33-15-12-16-34-29)19(3)30-40-39-22(6)42-30/h7,9-18H,8H2,1-6H3,(H2,32,35,38,41)/b26-7-,28-19+,36-20?,37-21?. The van der Waals surface area contributed by atoms with Crippen LogP contribution in [0.25, 0.3) is 17.0 Å². The first-order valence-corrected chi connectivity index (χ1v) is 13.5. The van der Waals surface area contributed by atoms with E-state index < -0.39 is 0 Å². The zero-order chi connectivity index (χ0) is 30.1. The number of rotatable bonds is 9. The van der Waals surface area contributed by atoms with Gasteiger partial charge in [-0.1, -0.05) is 36.4 Å². The molecule has 0 unspecified atom stereocenters. The summed E-state index contributed by atoms with van der Waals surface area (Å²) in [6.07, 6.45) is 6.92. The average Bonchev–Trinajstić information content (AvgIpc) is 3.45. The van der Waals surface area contributed by atoms with Crippen LogP contribution in [0.3, 0.4) is 0 Å². The van der Waals surface area contributed by atoms with Gasteiger partial charge in [-0.25, -0.2) is 24.7 Å². The predicted molar refractivity (Wildman–Crippen MR) is 165 cm³/mol. The number of urea groups is 1. The molecule has 4 aromatic rings. The topological polar surface area (TPSA) is 143 Å². The third-order valence-corrected chi connectivity index (χ3v) is 6.15. The van der Waals surface area contributed by atoms with Crippen LogP contribution in [-0.2, 0) is 0 Å². The molecule has 214 valence electrons. The first-order valence-electron chi connectivity index (χ1n) is 13.5. The zero-order valence-corrected chi connectivity index (χ0v) is 24.5. The third-order valence-electron chi connectivity index (χ3n) is 6.15. The van der Waals surface area contributed by atoms with E-state index in [1.807, 2.05) is 71.0 Å². The molecule has 0 spiro atoms. The Labute approximate surface area is 244 Å². The molecule has 2 N–H and O–H groups in total. The van der Waals surface area contributed by atoms with Crippen LogP contribution in [-0.4, -0.2) is 49.1 Å². The summed E-state index contributed by atoms with van der Waals surface area (Å²) in [5.41, 5.74) is 5.68. The molecule has 0 saturated heterocycles. The van der Waals surface area contributed by atoms with Gasteiger partial charge in [0, 0.05) is 60.2 Å². The molecule has 1 aromatic carbocycles. The van der Waals surface area contributed by atoms with E-state index in [4.69, 9.17) is 14.4 Å². The minimum absolute atomic E-state index is 0.324. The summed E-state index contributed by atoms with van der Waals surface area (Å²) >= 11 is 0. The van der Waals surface area contributed by atoms with Gasteiger partial charge >= 0.3 is 6.03 Å². The lowest BCUT2D eigenvalue weighted by atomic mass is 10.0. The highest BCUT2D eigenvalue weighted by atomic mass is 16.4. The average molecular weight is 564 g/mol. The van der Waals surface area contributed by atoms with E-state index in [9.17, 15) is 4.79 Å². The van der Waals surface area contributed by atoms with Crippen molar-refractivity contribution in [1.82, 2.24) is 30.5 Å². The number of aromatic nitrogens is 5. The Morgan fingerprint density at radius 3 is 2.31 bits per heavy atom. The fourth-order valence-corrected chi connectivity index (χ4v) is 4.08. The second-order valence-electron chi connectivity index (χ2n) is 9.21. The lowest BCUT2D eigenvalue weighted by molar-refractivity contribution is 0.252. The molecule has 11 heteroatoms. The van der Waals surface area contributed by atoms with Gasteiger partial charge in [0.25, 0.3) is 0 Å². The van der Waals surface area contributed by atoms with Crippen LogP contribution in [0.2, 0.25) is 0 Å². The third kappa shape index (κ3) is 7.25. The Morgan fingerprint density at radius 1 is 0.952 bits per heavy atom. The molecule has 0 fully saturated rings. The van der Waals surface area contributed by atoms with E-state index in [-0.39, 0.29) is 6.03 Å². The van der Waals surface area contributed by atoms with Crippen molar-refractivity contribution < 1.29 is 9.21 Å². The quantitative estimate of drug-likeness (QED) is 0.239. The van der Waals surface area contributed by atoms with Crippen molar-refractivity contribution in [3.05, 3.63) is 101 Å². The summed E-state index contributed by atoms with van der Waals surface area (Å²) in [5.74, 6) is 1.54. The number of aryl methyl sites for hydroxylation is 1. The Kier molecular flexibility index (Phi) is 9.77. The second kappa shape index (κ2) is 13.8. The van der Waals surface area contributed by atoms with Gasteiger partial charge in [-0.3, -0.25) is 10.3 Å². The smallest absolute Gasteiger partial charge is 0.320 e. The van der Waals surface area contributed by atoms with Crippen molar-refractivity contribution in [3.8, 4) is 0 Å². The van der Waals surface area contributed by atoms with E-state index in [0.29, 0.717) is 58.2 Å². The summed E-state index contributed by atoms with van der Waals surface area (Å²) in [4.78, 5) is 35.5. The van der Waals surface area contributed by atoms with Crippen molar-refractivity contribution in [2.24, 2.45) is 9.98 Å². The summed E-state index contributed by atoms with van der Waals surface area (Å²) in [6, 6.07) is 13.1. The fourth-order valence-electron chi connectivity index (χ4n) is 4.08. The van der Waals surface area contributed by atoms with Crippen molar-refractivity contribution >= 4 is 40.2 Å². The van der Waals surface area contributed by atoms with E-state index in [1.165, 1.54) is 0 Å². The molecule has 0 atom stereocenters. The first-order chi connectivity index (χ1) is 20.3. The Balaban J connectivity index is 1.87. The largest absolute Gasteiger partial charge is 0.421 e. The fraction of sp³-hybridized carbons (Fsp3) is 0.226. The molecule has 0 bridgehead atoms. The van der Waals surface area contributed by atoms with Gasteiger partial charge in [-0.2, -0.15) is 0 Å². The number of benzene rings is 1. The molecule has 0 radical (unpaired) electrons. The maximum atomic E-state index is 12.3. The van der Waals surface area contributed by atoms with Crippen molar-refractivity contribution in [2.45, 2.75) is 41.5 Å². The van der Waals surface area contributed by atoms with Gasteiger partial charge in [-0.15, -0.1) is 10.2 Å².